The zero-order chi connectivity index (χ0) is 21.7. The Labute approximate surface area is 180 Å². The molecule has 1 aliphatic rings. The third kappa shape index (κ3) is 5.14. The first-order valence-electron chi connectivity index (χ1n) is 10.9. The van der Waals surface area contributed by atoms with Gasteiger partial charge in [-0.3, -0.25) is 4.79 Å². The van der Waals surface area contributed by atoms with Crippen molar-refractivity contribution in [2.24, 2.45) is 5.92 Å². The Bertz CT molecular complexity index is 851. The molecule has 0 aliphatic carbocycles. The summed E-state index contributed by atoms with van der Waals surface area (Å²) in [4.78, 5) is 14.0. The van der Waals surface area contributed by atoms with E-state index in [0.29, 0.717) is 12.3 Å². The van der Waals surface area contributed by atoms with Crippen molar-refractivity contribution in [1.82, 2.24) is 5.32 Å². The van der Waals surface area contributed by atoms with Crippen molar-refractivity contribution >= 4 is 5.91 Å². The topological polar surface area (TPSA) is 52.0 Å². The number of quaternary nitrogens is 1. The molecule has 162 valence electrons. The van der Waals surface area contributed by atoms with Gasteiger partial charge in [0.1, 0.15) is 12.6 Å². The van der Waals surface area contributed by atoms with Gasteiger partial charge in [-0.15, -0.1) is 0 Å². The first-order chi connectivity index (χ1) is 14.4. The minimum atomic E-state index is 0.00659. The largest absolute Gasteiger partial charge is 0.493 e. The molecule has 0 aromatic heterocycles. The fourth-order valence-corrected chi connectivity index (χ4v) is 4.56. The molecule has 5 heteroatoms. The number of fused-ring (bicyclic) bond motifs is 1. The van der Waals surface area contributed by atoms with Gasteiger partial charge in [0, 0.05) is 24.0 Å². The zero-order valence-corrected chi connectivity index (χ0v) is 18.8. The fourth-order valence-electron chi connectivity index (χ4n) is 4.56. The van der Waals surface area contributed by atoms with Gasteiger partial charge in [0.25, 0.3) is 0 Å². The van der Waals surface area contributed by atoms with E-state index in [0.717, 1.165) is 31.0 Å². The monoisotopic (exact) mass is 411 g/mol. The lowest BCUT2D eigenvalue weighted by molar-refractivity contribution is -0.948. The van der Waals surface area contributed by atoms with Gasteiger partial charge in [0.15, 0.2) is 11.5 Å². The number of hydrogen-bond acceptors (Lipinski definition) is 3. The Kier molecular flexibility index (Phi) is 7.38. The standard InChI is InChI=1S/C25H34N2O3/c1-17(2)13-24(28)26-18(3)25-21-15-23(30-5)22(29-4)14-20(21)11-12-27(25)16-19-9-7-6-8-10-19/h6-10,14-15,17-18,25H,11-13,16H2,1-5H3,(H,26,28)/p+1/t18-,25+/m0/s1. The molecule has 0 fully saturated rings. The summed E-state index contributed by atoms with van der Waals surface area (Å²) in [6.45, 7) is 8.20. The lowest BCUT2D eigenvalue weighted by Gasteiger charge is -2.38. The Morgan fingerprint density at radius 2 is 1.77 bits per heavy atom. The molecule has 3 rings (SSSR count). The van der Waals surface area contributed by atoms with E-state index in [4.69, 9.17) is 9.47 Å². The summed E-state index contributed by atoms with van der Waals surface area (Å²) in [5.41, 5.74) is 3.82. The van der Waals surface area contributed by atoms with Crippen LogP contribution in [0.1, 0.15) is 49.9 Å². The van der Waals surface area contributed by atoms with Crippen molar-refractivity contribution in [2.45, 2.75) is 52.2 Å². The normalized spacial score (nSPS) is 19.1. The summed E-state index contributed by atoms with van der Waals surface area (Å²) in [5.74, 6) is 1.96. The summed E-state index contributed by atoms with van der Waals surface area (Å²) in [7, 11) is 3.34. The van der Waals surface area contributed by atoms with Gasteiger partial charge in [0.05, 0.1) is 26.8 Å². The second kappa shape index (κ2) is 9.98. The molecule has 30 heavy (non-hydrogen) atoms. The molecule has 1 heterocycles. The number of nitrogens with one attached hydrogen (secondary N) is 2. The van der Waals surface area contributed by atoms with E-state index in [9.17, 15) is 4.79 Å². The molecule has 0 radical (unpaired) electrons. The summed E-state index contributed by atoms with van der Waals surface area (Å²) in [5, 5.41) is 3.27. The van der Waals surface area contributed by atoms with E-state index in [-0.39, 0.29) is 18.0 Å². The van der Waals surface area contributed by atoms with Crippen LogP contribution in [0.2, 0.25) is 0 Å². The summed E-state index contributed by atoms with van der Waals surface area (Å²) < 4.78 is 11.1. The fraction of sp³-hybridized carbons (Fsp3) is 0.480. The van der Waals surface area contributed by atoms with Gasteiger partial charge in [-0.05, 0) is 30.5 Å². The summed E-state index contributed by atoms with van der Waals surface area (Å²) in [6, 6.07) is 14.9. The van der Waals surface area contributed by atoms with Crippen LogP contribution in [0.4, 0.5) is 0 Å². The number of carbonyl (C=O) groups is 1. The highest BCUT2D eigenvalue weighted by molar-refractivity contribution is 5.76. The summed E-state index contributed by atoms with van der Waals surface area (Å²) >= 11 is 0. The lowest BCUT2D eigenvalue weighted by atomic mass is 9.87. The Hall–Kier alpha value is -2.53. The van der Waals surface area contributed by atoms with Crippen LogP contribution in [0, 0.1) is 5.92 Å². The van der Waals surface area contributed by atoms with Crippen LogP contribution < -0.4 is 19.7 Å². The second-order valence-corrected chi connectivity index (χ2v) is 8.66. The van der Waals surface area contributed by atoms with E-state index in [1.54, 1.807) is 14.2 Å². The number of amides is 1. The molecule has 0 saturated carbocycles. The van der Waals surface area contributed by atoms with Crippen LogP contribution in [-0.2, 0) is 17.8 Å². The molecule has 2 aromatic rings. The molecule has 0 bridgehead atoms. The number of benzene rings is 2. The maximum absolute atomic E-state index is 12.5. The number of methoxy groups -OCH3 is 2. The second-order valence-electron chi connectivity index (χ2n) is 8.66. The maximum atomic E-state index is 12.5. The number of hydrogen-bond donors (Lipinski definition) is 2. The van der Waals surface area contributed by atoms with E-state index in [1.165, 1.54) is 21.6 Å². The zero-order valence-electron chi connectivity index (χ0n) is 18.8. The highest BCUT2D eigenvalue weighted by Gasteiger charge is 2.37. The van der Waals surface area contributed by atoms with Crippen molar-refractivity contribution < 1.29 is 19.2 Å². The minimum absolute atomic E-state index is 0.00659. The molecule has 5 nitrogen and oxygen atoms in total. The molecule has 1 unspecified atom stereocenters. The van der Waals surface area contributed by atoms with Gasteiger partial charge in [-0.1, -0.05) is 44.2 Å². The number of carbonyl (C=O) groups excluding carboxylic acids is 1. The highest BCUT2D eigenvalue weighted by Crippen LogP contribution is 2.35. The molecule has 2 aromatic carbocycles. The van der Waals surface area contributed by atoms with E-state index in [2.05, 4.69) is 62.5 Å². The van der Waals surface area contributed by atoms with Crippen molar-refractivity contribution in [3.8, 4) is 11.5 Å². The van der Waals surface area contributed by atoms with Gasteiger partial charge < -0.3 is 19.7 Å². The van der Waals surface area contributed by atoms with Crippen molar-refractivity contribution in [3.63, 3.8) is 0 Å². The van der Waals surface area contributed by atoms with Crippen molar-refractivity contribution in [1.29, 1.82) is 0 Å². The van der Waals surface area contributed by atoms with Gasteiger partial charge in [-0.2, -0.15) is 0 Å². The first-order valence-corrected chi connectivity index (χ1v) is 10.9. The Morgan fingerprint density at radius 1 is 1.10 bits per heavy atom. The average molecular weight is 412 g/mol. The lowest BCUT2D eigenvalue weighted by Crippen LogP contribution is -3.13. The van der Waals surface area contributed by atoms with Crippen LogP contribution in [0.15, 0.2) is 42.5 Å². The molecular weight excluding hydrogens is 376 g/mol. The molecule has 3 atom stereocenters. The van der Waals surface area contributed by atoms with E-state index < -0.39 is 0 Å². The quantitative estimate of drug-likeness (QED) is 0.702. The minimum Gasteiger partial charge on any atom is -0.493 e. The molecule has 2 N–H and O–H groups in total. The molecule has 1 aliphatic heterocycles. The number of rotatable bonds is 8. The highest BCUT2D eigenvalue weighted by atomic mass is 16.5. The predicted octanol–water partition coefficient (Wildman–Crippen LogP) is 2.94. The van der Waals surface area contributed by atoms with Crippen molar-refractivity contribution in [2.75, 3.05) is 20.8 Å². The van der Waals surface area contributed by atoms with Gasteiger partial charge in [-0.25, -0.2) is 0 Å². The van der Waals surface area contributed by atoms with Gasteiger partial charge in [0.2, 0.25) is 5.91 Å². The third-order valence-electron chi connectivity index (χ3n) is 5.89. The van der Waals surface area contributed by atoms with Crippen LogP contribution >= 0.6 is 0 Å². The van der Waals surface area contributed by atoms with Crippen molar-refractivity contribution in [3.05, 3.63) is 59.2 Å². The maximum Gasteiger partial charge on any atom is 0.220 e. The SMILES string of the molecule is COc1cc2c(cc1OC)[C@@H]([C@H](C)NC(=O)CC(C)C)[NH+](Cc1ccccc1)CC2. The Morgan fingerprint density at radius 3 is 2.40 bits per heavy atom. The van der Waals surface area contributed by atoms with Crippen LogP contribution in [0.3, 0.4) is 0 Å². The van der Waals surface area contributed by atoms with E-state index >= 15 is 0 Å². The van der Waals surface area contributed by atoms with Crippen LogP contribution in [0.5, 0.6) is 11.5 Å². The van der Waals surface area contributed by atoms with Crippen LogP contribution in [0.25, 0.3) is 0 Å². The Balaban J connectivity index is 1.95. The van der Waals surface area contributed by atoms with E-state index in [1.807, 2.05) is 6.07 Å². The molecule has 1 amide bonds. The third-order valence-corrected chi connectivity index (χ3v) is 5.89. The summed E-state index contributed by atoms with van der Waals surface area (Å²) in [6.07, 6.45) is 1.52. The first kappa shape index (κ1) is 22.2. The van der Waals surface area contributed by atoms with Crippen LogP contribution in [-0.4, -0.2) is 32.7 Å². The smallest absolute Gasteiger partial charge is 0.220 e. The molecule has 0 spiro atoms. The average Bonchev–Trinajstić information content (AvgIpc) is 2.72. The predicted molar refractivity (Wildman–Crippen MR) is 119 cm³/mol. The van der Waals surface area contributed by atoms with Gasteiger partial charge >= 0.3 is 0 Å². The molecular formula is C25H35N2O3+. The number of ether oxygens (including phenoxy) is 2. The molecule has 0 saturated heterocycles.